The Hall–Kier alpha value is -2.09. The molecule has 114 valence electrons. The van der Waals surface area contributed by atoms with Crippen molar-refractivity contribution in [2.75, 3.05) is 13.7 Å². The number of rotatable bonds is 2. The minimum Gasteiger partial charge on any atom is -0.467 e. The van der Waals surface area contributed by atoms with Gasteiger partial charge in [-0.15, -0.1) is 0 Å². The Balaban J connectivity index is 2.37. The zero-order valence-corrected chi connectivity index (χ0v) is 11.0. The summed E-state index contributed by atoms with van der Waals surface area (Å²) in [6, 6.07) is -0.396. The third kappa shape index (κ3) is 2.85. The highest BCUT2D eigenvalue weighted by molar-refractivity contribution is 5.97. The highest BCUT2D eigenvalue weighted by Crippen LogP contribution is 2.24. The Morgan fingerprint density at radius 1 is 1.29 bits per heavy atom. The summed E-state index contributed by atoms with van der Waals surface area (Å²) in [5.41, 5.74) is -0.973. The number of hydrogen-bond acceptors (Lipinski definition) is 4. The molecule has 8 heteroatoms. The quantitative estimate of drug-likeness (QED) is 0.823. The van der Waals surface area contributed by atoms with E-state index in [1.807, 2.05) is 0 Å². The van der Waals surface area contributed by atoms with Crippen LogP contribution < -0.4 is 0 Å². The largest absolute Gasteiger partial charge is 0.467 e. The summed E-state index contributed by atoms with van der Waals surface area (Å²) in [5, 5.41) is 9.54. The van der Waals surface area contributed by atoms with Gasteiger partial charge in [-0.2, -0.15) is 0 Å². The van der Waals surface area contributed by atoms with E-state index in [1.165, 1.54) is 0 Å². The topological polar surface area (TPSA) is 66.8 Å². The molecule has 0 radical (unpaired) electrons. The zero-order chi connectivity index (χ0) is 15.7. The predicted octanol–water partition coefficient (Wildman–Crippen LogP) is 0.852. The van der Waals surface area contributed by atoms with E-state index in [-0.39, 0.29) is 13.0 Å². The molecule has 0 aliphatic carbocycles. The molecule has 1 aliphatic heterocycles. The van der Waals surface area contributed by atoms with Crippen LogP contribution in [-0.4, -0.2) is 47.7 Å². The number of amides is 1. The minimum atomic E-state index is -1.37. The lowest BCUT2D eigenvalue weighted by molar-refractivity contribution is -0.145. The van der Waals surface area contributed by atoms with Gasteiger partial charge in [-0.1, -0.05) is 0 Å². The fourth-order valence-electron chi connectivity index (χ4n) is 2.29. The Labute approximate surface area is 117 Å². The predicted molar refractivity (Wildman–Crippen MR) is 63.8 cm³/mol. The van der Waals surface area contributed by atoms with E-state index in [4.69, 9.17) is 0 Å². The molecule has 1 aromatic rings. The van der Waals surface area contributed by atoms with Crippen LogP contribution in [0.3, 0.4) is 0 Å². The Morgan fingerprint density at radius 3 is 2.38 bits per heavy atom. The second-order valence-electron chi connectivity index (χ2n) is 4.63. The lowest BCUT2D eigenvalue weighted by atomic mass is 10.1. The van der Waals surface area contributed by atoms with Crippen LogP contribution in [-0.2, 0) is 9.53 Å². The van der Waals surface area contributed by atoms with E-state index in [9.17, 15) is 27.9 Å². The van der Waals surface area contributed by atoms with Crippen molar-refractivity contribution in [1.29, 1.82) is 0 Å². The number of aliphatic hydroxyl groups excluding tert-OH is 1. The monoisotopic (exact) mass is 303 g/mol. The SMILES string of the molecule is COC(=O)C1CC(O)CN1C(=O)c1c(F)cc(F)cc1F. The van der Waals surface area contributed by atoms with E-state index in [0.717, 1.165) is 12.0 Å². The number of carbonyl (C=O) groups excluding carboxylic acids is 2. The van der Waals surface area contributed by atoms with Crippen molar-refractivity contribution in [1.82, 2.24) is 4.90 Å². The highest BCUT2D eigenvalue weighted by Gasteiger charge is 2.41. The Bertz CT molecular complexity index is 570. The summed E-state index contributed by atoms with van der Waals surface area (Å²) in [6.45, 7) is -0.269. The summed E-state index contributed by atoms with van der Waals surface area (Å²) < 4.78 is 44.6. The number of ether oxygens (including phenoxy) is 1. The molecule has 1 fully saturated rings. The molecule has 5 nitrogen and oxygen atoms in total. The van der Waals surface area contributed by atoms with Crippen molar-refractivity contribution in [3.05, 3.63) is 35.1 Å². The van der Waals surface area contributed by atoms with Crippen LogP contribution in [0.5, 0.6) is 0 Å². The number of β-amino-alcohol motifs (C(OH)–C–C–N with tert-alkyl or cyclic N) is 1. The average Bonchev–Trinajstić information content (AvgIpc) is 2.78. The van der Waals surface area contributed by atoms with Gasteiger partial charge in [0.1, 0.15) is 29.1 Å². The van der Waals surface area contributed by atoms with Gasteiger partial charge in [0.05, 0.1) is 13.2 Å². The van der Waals surface area contributed by atoms with E-state index in [2.05, 4.69) is 4.74 Å². The smallest absolute Gasteiger partial charge is 0.328 e. The molecule has 1 heterocycles. The van der Waals surface area contributed by atoms with Crippen LogP contribution in [0.4, 0.5) is 13.2 Å². The molecular formula is C13H12F3NO4. The first-order valence-corrected chi connectivity index (χ1v) is 6.06. The third-order valence-corrected chi connectivity index (χ3v) is 3.23. The molecule has 1 amide bonds. The standard InChI is InChI=1S/C13H12F3NO4/c1-21-13(20)10-4-7(18)5-17(10)12(19)11-8(15)2-6(14)3-9(11)16/h2-3,7,10,18H,4-5H2,1H3. The zero-order valence-electron chi connectivity index (χ0n) is 11.0. The average molecular weight is 303 g/mol. The van der Waals surface area contributed by atoms with E-state index < -0.39 is 47.0 Å². The van der Waals surface area contributed by atoms with E-state index >= 15 is 0 Å². The van der Waals surface area contributed by atoms with Crippen LogP contribution in [0.1, 0.15) is 16.8 Å². The highest BCUT2D eigenvalue weighted by atomic mass is 19.1. The van der Waals surface area contributed by atoms with Gasteiger partial charge >= 0.3 is 5.97 Å². The second-order valence-corrected chi connectivity index (χ2v) is 4.63. The molecule has 0 bridgehead atoms. The third-order valence-electron chi connectivity index (χ3n) is 3.23. The van der Waals surface area contributed by atoms with Crippen molar-refractivity contribution < 1.29 is 32.6 Å². The lowest BCUT2D eigenvalue weighted by Crippen LogP contribution is -2.42. The first kappa shape index (κ1) is 15.3. The first-order valence-electron chi connectivity index (χ1n) is 6.06. The summed E-state index contributed by atoms with van der Waals surface area (Å²) in [5.74, 6) is -5.85. The number of halogens is 3. The van der Waals surface area contributed by atoms with Crippen LogP contribution in [0.2, 0.25) is 0 Å². The minimum absolute atomic E-state index is 0.0944. The van der Waals surface area contributed by atoms with Crippen molar-refractivity contribution >= 4 is 11.9 Å². The van der Waals surface area contributed by atoms with Crippen molar-refractivity contribution in [2.45, 2.75) is 18.6 Å². The van der Waals surface area contributed by atoms with Gasteiger partial charge < -0.3 is 14.7 Å². The van der Waals surface area contributed by atoms with Gasteiger partial charge in [0, 0.05) is 25.1 Å². The summed E-state index contributed by atoms with van der Waals surface area (Å²) >= 11 is 0. The van der Waals surface area contributed by atoms with Crippen molar-refractivity contribution in [3.8, 4) is 0 Å². The molecule has 21 heavy (non-hydrogen) atoms. The van der Waals surface area contributed by atoms with Gasteiger partial charge in [-0.25, -0.2) is 18.0 Å². The first-order chi connectivity index (χ1) is 9.85. The van der Waals surface area contributed by atoms with E-state index in [0.29, 0.717) is 12.1 Å². The second kappa shape index (κ2) is 5.72. The molecule has 0 spiro atoms. The molecule has 2 rings (SSSR count). The number of nitrogens with zero attached hydrogens (tertiary/aromatic N) is 1. The van der Waals surface area contributed by atoms with Gasteiger partial charge in [-0.3, -0.25) is 4.79 Å². The Kier molecular flexibility index (Phi) is 4.17. The summed E-state index contributed by atoms with van der Waals surface area (Å²) in [4.78, 5) is 24.6. The number of benzene rings is 1. The molecule has 0 saturated carbocycles. The molecule has 2 unspecified atom stereocenters. The maximum absolute atomic E-state index is 13.6. The van der Waals surface area contributed by atoms with Crippen LogP contribution in [0.15, 0.2) is 12.1 Å². The number of carbonyl (C=O) groups is 2. The van der Waals surface area contributed by atoms with Crippen LogP contribution in [0.25, 0.3) is 0 Å². The van der Waals surface area contributed by atoms with E-state index in [1.54, 1.807) is 0 Å². The molecule has 0 aromatic heterocycles. The van der Waals surface area contributed by atoms with Crippen LogP contribution in [0, 0.1) is 17.5 Å². The van der Waals surface area contributed by atoms with Crippen molar-refractivity contribution in [3.63, 3.8) is 0 Å². The molecule has 1 saturated heterocycles. The molecule has 1 N–H and O–H groups in total. The van der Waals surface area contributed by atoms with Gasteiger partial charge in [0.2, 0.25) is 0 Å². The number of methoxy groups -OCH3 is 1. The fraction of sp³-hybridized carbons (Fsp3) is 0.385. The van der Waals surface area contributed by atoms with Gasteiger partial charge in [-0.05, 0) is 0 Å². The molecular weight excluding hydrogens is 291 g/mol. The van der Waals surface area contributed by atoms with Crippen LogP contribution >= 0.6 is 0 Å². The molecule has 2 atom stereocenters. The van der Waals surface area contributed by atoms with Gasteiger partial charge in [0.15, 0.2) is 0 Å². The maximum Gasteiger partial charge on any atom is 0.328 e. The molecule has 1 aromatic carbocycles. The maximum atomic E-state index is 13.6. The molecule has 1 aliphatic rings. The number of likely N-dealkylation sites (tertiary alicyclic amines) is 1. The van der Waals surface area contributed by atoms with Gasteiger partial charge in [0.25, 0.3) is 5.91 Å². The van der Waals surface area contributed by atoms with Crippen molar-refractivity contribution in [2.24, 2.45) is 0 Å². The lowest BCUT2D eigenvalue weighted by Gasteiger charge is -2.22. The summed E-state index contributed by atoms with van der Waals surface area (Å²) in [6.07, 6.45) is -1.10. The normalized spacial score (nSPS) is 21.5. The number of esters is 1. The number of hydrogen-bond donors (Lipinski definition) is 1. The fourth-order valence-corrected chi connectivity index (χ4v) is 2.29. The summed E-state index contributed by atoms with van der Waals surface area (Å²) in [7, 11) is 1.09. The Morgan fingerprint density at radius 2 is 1.86 bits per heavy atom. The number of aliphatic hydroxyl groups is 1.